The molecule has 1 aromatic heterocycles. The number of thiophene rings is 1. The van der Waals surface area contributed by atoms with E-state index in [9.17, 15) is 4.79 Å². The Morgan fingerprint density at radius 3 is 2.96 bits per heavy atom. The third kappa shape index (κ3) is 4.63. The second-order valence-electron chi connectivity index (χ2n) is 5.66. The van der Waals surface area contributed by atoms with Crippen molar-refractivity contribution in [3.8, 4) is 0 Å². The fourth-order valence-corrected chi connectivity index (χ4v) is 3.94. The van der Waals surface area contributed by atoms with Gasteiger partial charge < -0.3 is 15.4 Å². The smallest absolute Gasteiger partial charge is 0.315 e. The summed E-state index contributed by atoms with van der Waals surface area (Å²) in [7, 11) is 0. The lowest BCUT2D eigenvalue weighted by atomic mass is 10.0. The zero-order valence-electron chi connectivity index (χ0n) is 12.9. The Morgan fingerprint density at radius 2 is 2.21 bits per heavy atom. The average molecular weight is 385 g/mol. The molecule has 1 aliphatic heterocycles. The molecule has 2 heterocycles. The van der Waals surface area contributed by atoms with Crippen LogP contribution in [0.25, 0.3) is 0 Å². The predicted molar refractivity (Wildman–Crippen MR) is 97.9 cm³/mol. The number of halogens is 2. The quantitative estimate of drug-likeness (QED) is 0.796. The molecule has 2 amide bonds. The molecule has 0 spiro atoms. The molecular weight excluding hydrogens is 367 g/mol. The SMILES string of the molecule is O=C(NCc1ccc(Cl)cc1Cl)NC1CCOC(c2cccs2)C1. The first-order chi connectivity index (χ1) is 11.6. The minimum atomic E-state index is -0.196. The number of rotatable bonds is 4. The summed E-state index contributed by atoms with van der Waals surface area (Å²) < 4.78 is 5.80. The van der Waals surface area contributed by atoms with E-state index in [4.69, 9.17) is 27.9 Å². The van der Waals surface area contributed by atoms with E-state index in [0.717, 1.165) is 18.4 Å². The molecule has 1 aliphatic rings. The maximum Gasteiger partial charge on any atom is 0.315 e. The van der Waals surface area contributed by atoms with Gasteiger partial charge in [0.15, 0.2) is 0 Å². The number of hydrogen-bond donors (Lipinski definition) is 2. The Kier molecular flexibility index (Phi) is 6.00. The highest BCUT2D eigenvalue weighted by molar-refractivity contribution is 7.10. The van der Waals surface area contributed by atoms with Crippen molar-refractivity contribution in [3.05, 3.63) is 56.2 Å². The van der Waals surface area contributed by atoms with Gasteiger partial charge in [-0.2, -0.15) is 0 Å². The van der Waals surface area contributed by atoms with Crippen LogP contribution >= 0.6 is 34.5 Å². The van der Waals surface area contributed by atoms with Crippen LogP contribution in [0.2, 0.25) is 10.0 Å². The van der Waals surface area contributed by atoms with Crippen molar-refractivity contribution in [1.29, 1.82) is 0 Å². The number of amides is 2. The number of urea groups is 1. The first-order valence-corrected chi connectivity index (χ1v) is 9.38. The normalized spacial score (nSPS) is 20.6. The molecule has 1 saturated heterocycles. The van der Waals surface area contributed by atoms with Gasteiger partial charge >= 0.3 is 6.03 Å². The molecule has 2 unspecified atom stereocenters. The van der Waals surface area contributed by atoms with Crippen LogP contribution in [0.1, 0.15) is 29.4 Å². The zero-order valence-corrected chi connectivity index (χ0v) is 15.3. The molecule has 0 radical (unpaired) electrons. The molecule has 2 atom stereocenters. The first-order valence-electron chi connectivity index (χ1n) is 7.75. The maximum absolute atomic E-state index is 12.1. The number of carbonyl (C=O) groups is 1. The van der Waals surface area contributed by atoms with Crippen LogP contribution in [-0.2, 0) is 11.3 Å². The van der Waals surface area contributed by atoms with Gasteiger partial charge in [0.05, 0.1) is 6.10 Å². The predicted octanol–water partition coefficient (Wildman–Crippen LogP) is 4.77. The van der Waals surface area contributed by atoms with Crippen molar-refractivity contribution in [2.45, 2.75) is 31.5 Å². The molecule has 0 saturated carbocycles. The van der Waals surface area contributed by atoms with Gasteiger partial charge in [0, 0.05) is 34.1 Å². The molecule has 0 aliphatic carbocycles. The van der Waals surface area contributed by atoms with Crippen LogP contribution < -0.4 is 10.6 Å². The lowest BCUT2D eigenvalue weighted by molar-refractivity contribution is 0.00438. The van der Waals surface area contributed by atoms with Crippen molar-refractivity contribution in [2.75, 3.05) is 6.61 Å². The van der Waals surface area contributed by atoms with E-state index in [0.29, 0.717) is 23.2 Å². The van der Waals surface area contributed by atoms with E-state index in [2.05, 4.69) is 16.7 Å². The van der Waals surface area contributed by atoms with E-state index in [1.54, 1.807) is 23.5 Å². The summed E-state index contributed by atoms with van der Waals surface area (Å²) in [6, 6.07) is 9.23. The number of hydrogen-bond acceptors (Lipinski definition) is 3. The third-order valence-corrected chi connectivity index (χ3v) is 5.49. The second kappa shape index (κ2) is 8.21. The van der Waals surface area contributed by atoms with E-state index >= 15 is 0 Å². The molecule has 24 heavy (non-hydrogen) atoms. The van der Waals surface area contributed by atoms with Crippen LogP contribution in [0.4, 0.5) is 4.79 Å². The molecule has 7 heteroatoms. The highest BCUT2D eigenvalue weighted by atomic mass is 35.5. The third-order valence-electron chi connectivity index (χ3n) is 3.93. The van der Waals surface area contributed by atoms with Crippen molar-refractivity contribution in [3.63, 3.8) is 0 Å². The molecule has 128 valence electrons. The largest absolute Gasteiger partial charge is 0.373 e. The number of nitrogens with one attached hydrogen (secondary N) is 2. The van der Waals surface area contributed by atoms with Crippen molar-refractivity contribution in [1.82, 2.24) is 10.6 Å². The fraction of sp³-hybridized carbons (Fsp3) is 0.353. The Labute approximate surface area is 155 Å². The van der Waals surface area contributed by atoms with Crippen LogP contribution in [0.5, 0.6) is 0 Å². The summed E-state index contributed by atoms with van der Waals surface area (Å²) in [5, 5.41) is 9.02. The van der Waals surface area contributed by atoms with Gasteiger partial charge in [-0.25, -0.2) is 4.79 Å². The lowest BCUT2D eigenvalue weighted by Gasteiger charge is -2.29. The van der Waals surface area contributed by atoms with Crippen molar-refractivity contribution in [2.24, 2.45) is 0 Å². The van der Waals surface area contributed by atoms with Crippen LogP contribution in [-0.4, -0.2) is 18.7 Å². The Bertz CT molecular complexity index is 694. The van der Waals surface area contributed by atoms with Gasteiger partial charge in [-0.3, -0.25) is 0 Å². The number of ether oxygens (including phenoxy) is 1. The molecule has 4 nitrogen and oxygen atoms in total. The molecule has 1 fully saturated rings. The number of benzene rings is 1. The summed E-state index contributed by atoms with van der Waals surface area (Å²) in [6.45, 7) is 1.01. The molecule has 2 N–H and O–H groups in total. The monoisotopic (exact) mass is 384 g/mol. The molecule has 3 rings (SSSR count). The van der Waals surface area contributed by atoms with Gasteiger partial charge in [0.1, 0.15) is 0 Å². The van der Waals surface area contributed by atoms with Crippen LogP contribution in [0, 0.1) is 0 Å². The molecule has 0 bridgehead atoms. The summed E-state index contributed by atoms with van der Waals surface area (Å²) in [5.41, 5.74) is 0.833. The Morgan fingerprint density at radius 1 is 1.33 bits per heavy atom. The number of carbonyl (C=O) groups excluding carboxylic acids is 1. The summed E-state index contributed by atoms with van der Waals surface area (Å²) in [5.74, 6) is 0. The van der Waals surface area contributed by atoms with Gasteiger partial charge in [-0.05, 0) is 42.0 Å². The summed E-state index contributed by atoms with van der Waals surface area (Å²) >= 11 is 13.7. The Balaban J connectivity index is 1.49. The lowest BCUT2D eigenvalue weighted by Crippen LogP contribution is -2.44. The Hall–Kier alpha value is -1.27. The summed E-state index contributed by atoms with van der Waals surface area (Å²) in [4.78, 5) is 13.3. The van der Waals surface area contributed by atoms with Crippen molar-refractivity contribution < 1.29 is 9.53 Å². The van der Waals surface area contributed by atoms with Crippen LogP contribution in [0.3, 0.4) is 0 Å². The van der Waals surface area contributed by atoms with Crippen LogP contribution in [0.15, 0.2) is 35.7 Å². The van der Waals surface area contributed by atoms with Gasteiger partial charge in [0.2, 0.25) is 0 Å². The first kappa shape index (κ1) is 17.5. The van der Waals surface area contributed by atoms with E-state index in [-0.39, 0.29) is 18.2 Å². The van der Waals surface area contributed by atoms with Gasteiger partial charge in [-0.1, -0.05) is 35.3 Å². The average Bonchev–Trinajstić information content (AvgIpc) is 3.09. The molecule has 1 aromatic carbocycles. The van der Waals surface area contributed by atoms with Gasteiger partial charge in [0.25, 0.3) is 0 Å². The molecular formula is C17H18Cl2N2O2S. The molecule has 2 aromatic rings. The van der Waals surface area contributed by atoms with E-state index in [1.807, 2.05) is 17.5 Å². The summed E-state index contributed by atoms with van der Waals surface area (Å²) in [6.07, 6.45) is 1.67. The standard InChI is InChI=1S/C17H18Cl2N2O2S/c18-12-4-3-11(14(19)8-12)10-20-17(22)21-13-5-6-23-15(9-13)16-2-1-7-24-16/h1-4,7-8,13,15H,5-6,9-10H2,(H2,20,21,22). The highest BCUT2D eigenvalue weighted by Gasteiger charge is 2.25. The topological polar surface area (TPSA) is 50.4 Å². The van der Waals surface area contributed by atoms with E-state index in [1.165, 1.54) is 4.88 Å². The highest BCUT2D eigenvalue weighted by Crippen LogP contribution is 2.31. The zero-order chi connectivity index (χ0) is 16.9. The second-order valence-corrected chi connectivity index (χ2v) is 7.48. The van der Waals surface area contributed by atoms with Crippen molar-refractivity contribution >= 4 is 40.6 Å². The van der Waals surface area contributed by atoms with Gasteiger partial charge in [-0.15, -0.1) is 11.3 Å². The minimum Gasteiger partial charge on any atom is -0.373 e. The maximum atomic E-state index is 12.1. The minimum absolute atomic E-state index is 0.0646. The fourth-order valence-electron chi connectivity index (χ4n) is 2.68. The van der Waals surface area contributed by atoms with E-state index < -0.39 is 0 Å².